The van der Waals surface area contributed by atoms with Gasteiger partial charge in [0.1, 0.15) is 0 Å². The second-order valence-electron chi connectivity index (χ2n) is 9.08. The molecule has 0 spiro atoms. The lowest BCUT2D eigenvalue weighted by atomic mass is 9.69. The first-order chi connectivity index (χ1) is 16.9. The van der Waals surface area contributed by atoms with Crippen molar-refractivity contribution in [2.24, 2.45) is 0 Å². The number of amides is 1. The Labute approximate surface area is 201 Å². The minimum Gasteiger partial charge on any atom is -0.351 e. The number of rotatable bonds is 5. The fraction of sp³-hybridized carbons (Fsp3) is 0.296. The highest BCUT2D eigenvalue weighted by Gasteiger charge is 2.36. The van der Waals surface area contributed by atoms with Crippen molar-refractivity contribution in [3.8, 4) is 5.95 Å². The topological polar surface area (TPSA) is 59.8 Å². The van der Waals surface area contributed by atoms with Crippen molar-refractivity contribution in [3.05, 3.63) is 89.9 Å². The van der Waals surface area contributed by atoms with E-state index in [1.165, 1.54) is 0 Å². The monoisotopic (exact) mass is 478 g/mol. The zero-order valence-electron chi connectivity index (χ0n) is 19.1. The first kappa shape index (κ1) is 23.1. The van der Waals surface area contributed by atoms with Crippen LogP contribution in [0.25, 0.3) is 16.9 Å². The number of benzene rings is 2. The van der Waals surface area contributed by atoms with Gasteiger partial charge < -0.3 is 5.32 Å². The summed E-state index contributed by atoms with van der Waals surface area (Å²) in [4.78, 5) is 22.0. The summed E-state index contributed by atoms with van der Waals surface area (Å²) in [7, 11) is 0. The molecule has 1 aliphatic rings. The number of carbonyl (C=O) groups excluding carboxylic acids is 1. The van der Waals surface area contributed by atoms with E-state index < -0.39 is 11.7 Å². The number of nitrogens with one attached hydrogen (secondary N) is 1. The van der Waals surface area contributed by atoms with Gasteiger partial charge in [-0.25, -0.2) is 9.97 Å². The van der Waals surface area contributed by atoms with Crippen molar-refractivity contribution in [1.82, 2.24) is 19.9 Å². The molecule has 5 rings (SSSR count). The highest BCUT2D eigenvalue weighted by atomic mass is 19.4. The molecule has 35 heavy (non-hydrogen) atoms. The molecular weight excluding hydrogens is 453 g/mol. The Bertz CT molecular complexity index is 1320. The summed E-state index contributed by atoms with van der Waals surface area (Å²) in [5.74, 6) is 0.240. The number of hydrogen-bond acceptors (Lipinski definition) is 3. The summed E-state index contributed by atoms with van der Waals surface area (Å²) in [5.41, 5.74) is 1.11. The maximum absolute atomic E-state index is 13.4. The maximum Gasteiger partial charge on any atom is 0.416 e. The summed E-state index contributed by atoms with van der Waals surface area (Å²) in [6, 6.07) is 14.7. The van der Waals surface area contributed by atoms with E-state index in [9.17, 15) is 18.0 Å². The Morgan fingerprint density at radius 1 is 0.943 bits per heavy atom. The Morgan fingerprint density at radius 3 is 2.31 bits per heavy atom. The number of alkyl halides is 3. The van der Waals surface area contributed by atoms with Gasteiger partial charge in [0.05, 0.1) is 16.6 Å². The van der Waals surface area contributed by atoms with Crippen molar-refractivity contribution in [3.63, 3.8) is 0 Å². The van der Waals surface area contributed by atoms with Crippen molar-refractivity contribution >= 4 is 16.8 Å². The Morgan fingerprint density at radius 2 is 1.63 bits per heavy atom. The molecular formula is C27H25F3N4O. The number of aromatic nitrogens is 3. The minimum absolute atomic E-state index is 0.229. The SMILES string of the molecule is O=C(NCC1(c2ccc(C(F)(F)F)cc2)CCCCC1)c1cn(-c2ncccn2)c2ccccc12. The van der Waals surface area contributed by atoms with Crippen LogP contribution in [0.1, 0.15) is 53.6 Å². The van der Waals surface area contributed by atoms with Gasteiger partial charge in [-0.2, -0.15) is 13.2 Å². The average Bonchev–Trinajstić information content (AvgIpc) is 3.28. The lowest BCUT2D eigenvalue weighted by molar-refractivity contribution is -0.137. The van der Waals surface area contributed by atoms with Crippen LogP contribution in [0.15, 0.2) is 73.2 Å². The van der Waals surface area contributed by atoms with Crippen LogP contribution in [0.3, 0.4) is 0 Å². The van der Waals surface area contributed by atoms with Crippen molar-refractivity contribution in [1.29, 1.82) is 0 Å². The van der Waals surface area contributed by atoms with Gasteiger partial charge in [-0.05, 0) is 42.7 Å². The third kappa shape index (κ3) is 4.52. The highest BCUT2D eigenvalue weighted by Crippen LogP contribution is 2.40. The molecule has 2 aromatic carbocycles. The lowest BCUT2D eigenvalue weighted by Gasteiger charge is -2.38. The highest BCUT2D eigenvalue weighted by molar-refractivity contribution is 6.07. The first-order valence-corrected chi connectivity index (χ1v) is 11.7. The molecule has 1 saturated carbocycles. The van der Waals surface area contributed by atoms with Gasteiger partial charge in [0.15, 0.2) is 0 Å². The van der Waals surface area contributed by atoms with E-state index in [2.05, 4.69) is 15.3 Å². The Kier molecular flexibility index (Phi) is 6.05. The van der Waals surface area contributed by atoms with E-state index in [1.54, 1.807) is 41.4 Å². The number of nitrogens with zero attached hydrogens (tertiary/aromatic N) is 3. The predicted octanol–water partition coefficient (Wildman–Crippen LogP) is 6.07. The standard InChI is InChI=1S/C27H25F3N4O/c28-27(29,30)20-11-9-19(10-12-20)26(13-4-1-5-14-26)18-33-24(35)22-17-34(25-31-15-6-16-32-25)23-8-3-2-7-21(22)23/h2-3,6-12,15-17H,1,4-5,13-14,18H2,(H,33,35). The van der Waals surface area contributed by atoms with Crippen molar-refractivity contribution in [2.45, 2.75) is 43.7 Å². The normalized spacial score (nSPS) is 15.7. The summed E-state index contributed by atoms with van der Waals surface area (Å²) in [6.07, 6.45) is 5.33. The number of halogens is 3. The molecule has 5 nitrogen and oxygen atoms in total. The maximum atomic E-state index is 13.4. The fourth-order valence-corrected chi connectivity index (χ4v) is 5.10. The molecule has 180 valence electrons. The van der Waals surface area contributed by atoms with Crippen LogP contribution in [-0.2, 0) is 11.6 Å². The predicted molar refractivity (Wildman–Crippen MR) is 127 cm³/mol. The molecule has 8 heteroatoms. The zero-order valence-corrected chi connectivity index (χ0v) is 19.1. The molecule has 1 fully saturated rings. The van der Waals surface area contributed by atoms with E-state index in [0.29, 0.717) is 18.1 Å². The minimum atomic E-state index is -4.37. The van der Waals surface area contributed by atoms with Crippen LogP contribution in [0.4, 0.5) is 13.2 Å². The first-order valence-electron chi connectivity index (χ1n) is 11.7. The number of para-hydroxylation sites is 1. The molecule has 0 atom stereocenters. The molecule has 2 aromatic heterocycles. The lowest BCUT2D eigenvalue weighted by Crippen LogP contribution is -2.42. The Balaban J connectivity index is 1.43. The van der Waals surface area contributed by atoms with Crippen LogP contribution < -0.4 is 5.32 Å². The van der Waals surface area contributed by atoms with Gasteiger partial charge in [0.25, 0.3) is 5.91 Å². The number of carbonyl (C=O) groups is 1. The fourth-order valence-electron chi connectivity index (χ4n) is 5.10. The summed E-state index contributed by atoms with van der Waals surface area (Å²) in [6.45, 7) is 0.360. The van der Waals surface area contributed by atoms with Crippen LogP contribution >= 0.6 is 0 Å². The summed E-state index contributed by atoms with van der Waals surface area (Å²) in [5, 5.41) is 3.88. The average molecular weight is 479 g/mol. The van der Waals surface area contributed by atoms with Crippen molar-refractivity contribution < 1.29 is 18.0 Å². The largest absolute Gasteiger partial charge is 0.416 e. The molecule has 0 saturated heterocycles. The molecule has 0 bridgehead atoms. The molecule has 1 N–H and O–H groups in total. The van der Waals surface area contributed by atoms with Gasteiger partial charge in [0.2, 0.25) is 5.95 Å². The van der Waals surface area contributed by atoms with Gasteiger partial charge >= 0.3 is 6.18 Å². The number of hydrogen-bond donors (Lipinski definition) is 1. The van der Waals surface area contributed by atoms with E-state index >= 15 is 0 Å². The van der Waals surface area contributed by atoms with Crippen LogP contribution in [0, 0.1) is 0 Å². The van der Waals surface area contributed by atoms with E-state index in [-0.39, 0.29) is 11.3 Å². The molecule has 4 aromatic rings. The summed E-state index contributed by atoms with van der Waals surface area (Å²) < 4.78 is 41.0. The molecule has 0 unspecified atom stereocenters. The smallest absolute Gasteiger partial charge is 0.351 e. The Hall–Kier alpha value is -3.68. The quantitative estimate of drug-likeness (QED) is 0.379. The van der Waals surface area contributed by atoms with Crippen LogP contribution in [-0.4, -0.2) is 27.0 Å². The van der Waals surface area contributed by atoms with Crippen molar-refractivity contribution in [2.75, 3.05) is 6.54 Å². The van der Waals surface area contributed by atoms with Gasteiger partial charge in [-0.15, -0.1) is 0 Å². The van der Waals surface area contributed by atoms with Gasteiger partial charge in [-0.3, -0.25) is 9.36 Å². The van der Waals surface area contributed by atoms with E-state index in [4.69, 9.17) is 0 Å². The van der Waals surface area contributed by atoms with Gasteiger partial charge in [-0.1, -0.05) is 49.6 Å². The zero-order chi connectivity index (χ0) is 24.5. The van der Waals surface area contributed by atoms with Crippen LogP contribution in [0.2, 0.25) is 0 Å². The third-order valence-corrected chi connectivity index (χ3v) is 6.95. The van der Waals surface area contributed by atoms with Crippen LogP contribution in [0.5, 0.6) is 0 Å². The third-order valence-electron chi connectivity index (χ3n) is 6.95. The second kappa shape index (κ2) is 9.17. The molecule has 0 radical (unpaired) electrons. The molecule has 0 aliphatic heterocycles. The van der Waals surface area contributed by atoms with E-state index in [0.717, 1.165) is 60.7 Å². The molecule has 1 aliphatic carbocycles. The summed E-state index contributed by atoms with van der Waals surface area (Å²) >= 11 is 0. The molecule has 1 amide bonds. The number of fused-ring (bicyclic) bond motifs is 1. The second-order valence-corrected chi connectivity index (χ2v) is 9.08. The van der Waals surface area contributed by atoms with Gasteiger partial charge in [0, 0.05) is 35.9 Å². The van der Waals surface area contributed by atoms with E-state index in [1.807, 2.05) is 24.3 Å². The molecule has 2 heterocycles.